The molecule has 0 aromatic heterocycles. The van der Waals surface area contributed by atoms with Gasteiger partial charge in [-0.15, -0.1) is 0 Å². The highest BCUT2D eigenvalue weighted by Gasteiger charge is 2.29. The molecule has 1 aliphatic rings. The summed E-state index contributed by atoms with van der Waals surface area (Å²) in [5.74, 6) is 0.0444. The fourth-order valence-electron chi connectivity index (χ4n) is 2.30. The first-order chi connectivity index (χ1) is 9.02. The molecule has 1 aromatic rings. The number of nitrogens with two attached hydrogens (primary N) is 1. The molecule has 4 nitrogen and oxygen atoms in total. The van der Waals surface area contributed by atoms with Crippen molar-refractivity contribution in [2.45, 2.75) is 6.04 Å². The van der Waals surface area contributed by atoms with Gasteiger partial charge in [-0.1, -0.05) is 15.9 Å². The number of piperazine rings is 1. The zero-order valence-electron chi connectivity index (χ0n) is 10.8. The Kier molecular flexibility index (Phi) is 5.00. The predicted octanol–water partition coefficient (Wildman–Crippen LogP) is 1.93. The Bertz CT molecular complexity index is 481. The molecule has 0 bridgehead atoms. The monoisotopic (exact) mass is 389 g/mol. The zero-order valence-corrected chi connectivity index (χ0v) is 13.9. The largest absolute Gasteiger partial charge is 0.332 e. The first-order valence-corrected chi connectivity index (χ1v) is 7.76. The number of halogens is 2. The summed E-state index contributed by atoms with van der Waals surface area (Å²) in [5, 5.41) is 0. The molecule has 0 spiro atoms. The summed E-state index contributed by atoms with van der Waals surface area (Å²) in [6.45, 7) is 2.93. The van der Waals surface area contributed by atoms with Crippen LogP contribution in [0.1, 0.15) is 10.4 Å². The van der Waals surface area contributed by atoms with E-state index in [2.05, 4.69) is 43.8 Å². The SMILES string of the molecule is CN1CCN(C(=O)c2ccc(Br)cc2Br)C(CN)C1. The molecule has 6 heteroatoms. The van der Waals surface area contributed by atoms with Gasteiger partial charge in [0.15, 0.2) is 0 Å². The van der Waals surface area contributed by atoms with Crippen molar-refractivity contribution in [3.05, 3.63) is 32.7 Å². The highest BCUT2D eigenvalue weighted by Crippen LogP contribution is 2.24. The van der Waals surface area contributed by atoms with Gasteiger partial charge < -0.3 is 15.5 Å². The van der Waals surface area contributed by atoms with E-state index >= 15 is 0 Å². The van der Waals surface area contributed by atoms with Gasteiger partial charge in [0.2, 0.25) is 0 Å². The lowest BCUT2D eigenvalue weighted by Gasteiger charge is -2.39. The number of hydrogen-bond acceptors (Lipinski definition) is 3. The number of rotatable bonds is 2. The maximum absolute atomic E-state index is 12.6. The van der Waals surface area contributed by atoms with E-state index in [0.717, 1.165) is 28.6 Å². The van der Waals surface area contributed by atoms with Gasteiger partial charge in [0.05, 0.1) is 11.6 Å². The normalized spacial score (nSPS) is 20.6. The third-order valence-electron chi connectivity index (χ3n) is 3.38. The van der Waals surface area contributed by atoms with Gasteiger partial charge in [-0.25, -0.2) is 0 Å². The smallest absolute Gasteiger partial charge is 0.255 e. The second kappa shape index (κ2) is 6.35. The van der Waals surface area contributed by atoms with Crippen molar-refractivity contribution in [3.63, 3.8) is 0 Å². The van der Waals surface area contributed by atoms with E-state index in [4.69, 9.17) is 5.73 Å². The van der Waals surface area contributed by atoms with Gasteiger partial charge in [-0.05, 0) is 41.2 Å². The fourth-order valence-corrected chi connectivity index (χ4v) is 3.51. The predicted molar refractivity (Wildman–Crippen MR) is 83.2 cm³/mol. The van der Waals surface area contributed by atoms with Crippen molar-refractivity contribution in [2.75, 3.05) is 33.2 Å². The Balaban J connectivity index is 2.22. The summed E-state index contributed by atoms with van der Waals surface area (Å²) in [4.78, 5) is 16.7. The van der Waals surface area contributed by atoms with Crippen molar-refractivity contribution in [2.24, 2.45) is 5.73 Å². The third-order valence-corrected chi connectivity index (χ3v) is 4.53. The Labute approximate surface area is 130 Å². The van der Waals surface area contributed by atoms with Crippen LogP contribution in [0.3, 0.4) is 0 Å². The van der Waals surface area contributed by atoms with Crippen molar-refractivity contribution in [3.8, 4) is 0 Å². The van der Waals surface area contributed by atoms with E-state index in [1.54, 1.807) is 0 Å². The van der Waals surface area contributed by atoms with Crippen LogP contribution < -0.4 is 5.73 Å². The van der Waals surface area contributed by atoms with E-state index < -0.39 is 0 Å². The molecule has 1 heterocycles. The molecule has 1 fully saturated rings. The fraction of sp³-hybridized carbons (Fsp3) is 0.462. The average molecular weight is 391 g/mol. The molecule has 0 aliphatic carbocycles. The lowest BCUT2D eigenvalue weighted by molar-refractivity contribution is 0.0515. The molecule has 2 N–H and O–H groups in total. The van der Waals surface area contributed by atoms with E-state index in [-0.39, 0.29) is 11.9 Å². The average Bonchev–Trinajstić information content (AvgIpc) is 2.37. The quantitative estimate of drug-likeness (QED) is 0.839. The van der Waals surface area contributed by atoms with Crippen LogP contribution in [-0.2, 0) is 0 Å². The van der Waals surface area contributed by atoms with E-state index in [1.165, 1.54) is 0 Å². The molecule has 0 radical (unpaired) electrons. The molecule has 1 aromatic carbocycles. The highest BCUT2D eigenvalue weighted by atomic mass is 79.9. The topological polar surface area (TPSA) is 49.6 Å². The summed E-state index contributed by atoms with van der Waals surface area (Å²) >= 11 is 6.84. The molecule has 1 aliphatic heterocycles. The van der Waals surface area contributed by atoms with Gasteiger partial charge in [0, 0.05) is 35.1 Å². The summed E-state index contributed by atoms with van der Waals surface area (Å²) in [6, 6.07) is 5.69. The zero-order chi connectivity index (χ0) is 14.0. The van der Waals surface area contributed by atoms with Gasteiger partial charge in [0.25, 0.3) is 5.91 Å². The van der Waals surface area contributed by atoms with Crippen molar-refractivity contribution in [1.29, 1.82) is 0 Å². The van der Waals surface area contributed by atoms with Crippen LogP contribution in [0.2, 0.25) is 0 Å². The van der Waals surface area contributed by atoms with Gasteiger partial charge in [0.1, 0.15) is 0 Å². The molecular weight excluding hydrogens is 374 g/mol. The van der Waals surface area contributed by atoms with Gasteiger partial charge >= 0.3 is 0 Å². The van der Waals surface area contributed by atoms with E-state index in [9.17, 15) is 4.79 Å². The van der Waals surface area contributed by atoms with Gasteiger partial charge in [-0.2, -0.15) is 0 Å². The summed E-state index contributed by atoms with van der Waals surface area (Å²) in [5.41, 5.74) is 6.48. The summed E-state index contributed by atoms with van der Waals surface area (Å²) < 4.78 is 1.76. The third kappa shape index (κ3) is 3.37. The van der Waals surface area contributed by atoms with Gasteiger partial charge in [-0.3, -0.25) is 4.79 Å². The highest BCUT2D eigenvalue weighted by molar-refractivity contribution is 9.11. The minimum absolute atomic E-state index is 0.0444. The molecule has 1 amide bonds. The van der Waals surface area contributed by atoms with Crippen molar-refractivity contribution >= 4 is 37.8 Å². The van der Waals surface area contributed by atoms with Crippen LogP contribution in [0.5, 0.6) is 0 Å². The number of amides is 1. The molecule has 19 heavy (non-hydrogen) atoms. The van der Waals surface area contributed by atoms with E-state index in [0.29, 0.717) is 12.1 Å². The minimum atomic E-state index is 0.0444. The molecule has 1 saturated heterocycles. The van der Waals surface area contributed by atoms with Crippen LogP contribution in [0, 0.1) is 0 Å². The molecule has 104 valence electrons. The number of carbonyl (C=O) groups excluding carboxylic acids is 1. The second-order valence-corrected chi connectivity index (χ2v) is 6.54. The Morgan fingerprint density at radius 3 is 2.79 bits per heavy atom. The lowest BCUT2D eigenvalue weighted by Crippen LogP contribution is -2.56. The number of carbonyl (C=O) groups is 1. The molecule has 2 rings (SSSR count). The molecule has 1 unspecified atom stereocenters. The second-order valence-electron chi connectivity index (χ2n) is 4.77. The number of nitrogens with zero attached hydrogens (tertiary/aromatic N) is 2. The molecule has 0 saturated carbocycles. The maximum atomic E-state index is 12.6. The van der Waals surface area contributed by atoms with Crippen LogP contribution in [0.4, 0.5) is 0 Å². The van der Waals surface area contributed by atoms with Crippen molar-refractivity contribution in [1.82, 2.24) is 9.80 Å². The Hall–Kier alpha value is -0.430. The Morgan fingerprint density at radius 2 is 2.16 bits per heavy atom. The van der Waals surface area contributed by atoms with Crippen LogP contribution >= 0.6 is 31.9 Å². The number of hydrogen-bond donors (Lipinski definition) is 1. The Morgan fingerprint density at radius 1 is 1.42 bits per heavy atom. The summed E-state index contributed by atoms with van der Waals surface area (Å²) in [6.07, 6.45) is 0. The minimum Gasteiger partial charge on any atom is -0.332 e. The first-order valence-electron chi connectivity index (χ1n) is 6.17. The molecular formula is C13H17Br2N3O. The molecule has 1 atom stereocenters. The summed E-state index contributed by atoms with van der Waals surface area (Å²) in [7, 11) is 2.06. The van der Waals surface area contributed by atoms with E-state index in [1.807, 2.05) is 23.1 Å². The van der Waals surface area contributed by atoms with Crippen LogP contribution in [0.25, 0.3) is 0 Å². The number of benzene rings is 1. The standard InChI is InChI=1S/C13H17Br2N3O/c1-17-4-5-18(10(7-16)8-17)13(19)11-3-2-9(14)6-12(11)15/h2-3,6,10H,4-5,7-8,16H2,1H3. The maximum Gasteiger partial charge on any atom is 0.255 e. The number of likely N-dealkylation sites (N-methyl/N-ethyl adjacent to an activating group) is 1. The first kappa shape index (κ1) is 15.0. The van der Waals surface area contributed by atoms with Crippen LogP contribution in [0.15, 0.2) is 27.1 Å². The lowest BCUT2D eigenvalue weighted by atomic mass is 10.1. The van der Waals surface area contributed by atoms with Crippen molar-refractivity contribution < 1.29 is 4.79 Å². The van der Waals surface area contributed by atoms with Crippen LogP contribution in [-0.4, -0.2) is 55.0 Å².